The molecule has 2 rings (SSSR count). The van der Waals surface area contributed by atoms with Crippen LogP contribution in [0.2, 0.25) is 0 Å². The molecular formula is C13H18N4. The molecule has 0 aliphatic rings. The van der Waals surface area contributed by atoms with Gasteiger partial charge in [0.25, 0.3) is 0 Å². The molecule has 0 unspecified atom stereocenters. The van der Waals surface area contributed by atoms with Crippen molar-refractivity contribution in [2.24, 2.45) is 7.05 Å². The van der Waals surface area contributed by atoms with Crippen molar-refractivity contribution in [3.63, 3.8) is 0 Å². The van der Waals surface area contributed by atoms with Gasteiger partial charge in [-0.3, -0.25) is 4.68 Å². The van der Waals surface area contributed by atoms with Crippen molar-refractivity contribution in [1.82, 2.24) is 9.78 Å². The summed E-state index contributed by atoms with van der Waals surface area (Å²) in [6, 6.07) is 6.02. The van der Waals surface area contributed by atoms with E-state index in [9.17, 15) is 0 Å². The zero-order valence-electron chi connectivity index (χ0n) is 10.5. The average molecular weight is 230 g/mol. The minimum absolute atomic E-state index is 0.766. The average Bonchev–Trinajstić information content (AvgIpc) is 2.59. The lowest BCUT2D eigenvalue weighted by Crippen LogP contribution is -2.01. The molecule has 0 bridgehead atoms. The normalized spacial score (nSPS) is 10.5. The number of rotatable bonds is 3. The Morgan fingerprint density at radius 2 is 2.12 bits per heavy atom. The number of nitrogens with one attached hydrogen (secondary N) is 1. The van der Waals surface area contributed by atoms with Gasteiger partial charge in [-0.05, 0) is 31.5 Å². The summed E-state index contributed by atoms with van der Waals surface area (Å²) in [6.45, 7) is 4.78. The Morgan fingerprint density at radius 1 is 1.35 bits per heavy atom. The number of nitrogen functional groups attached to an aromatic ring is 1. The molecule has 1 heterocycles. The fraction of sp³-hybridized carbons (Fsp3) is 0.308. The summed E-state index contributed by atoms with van der Waals surface area (Å²) >= 11 is 0. The quantitative estimate of drug-likeness (QED) is 0.795. The third kappa shape index (κ3) is 2.58. The predicted molar refractivity (Wildman–Crippen MR) is 70.9 cm³/mol. The van der Waals surface area contributed by atoms with E-state index in [2.05, 4.69) is 10.4 Å². The third-order valence-electron chi connectivity index (χ3n) is 2.88. The first-order valence-corrected chi connectivity index (χ1v) is 5.65. The summed E-state index contributed by atoms with van der Waals surface area (Å²) in [5.41, 5.74) is 11.1. The van der Waals surface area contributed by atoms with E-state index in [0.29, 0.717) is 0 Å². The molecule has 90 valence electrons. The zero-order chi connectivity index (χ0) is 12.4. The minimum Gasteiger partial charge on any atom is -0.398 e. The number of nitrogens with zero attached hydrogens (tertiary/aromatic N) is 2. The van der Waals surface area contributed by atoms with E-state index >= 15 is 0 Å². The Bertz CT molecular complexity index is 528. The lowest BCUT2D eigenvalue weighted by atomic mass is 10.2. The van der Waals surface area contributed by atoms with Crippen LogP contribution in [0.3, 0.4) is 0 Å². The van der Waals surface area contributed by atoms with Crippen molar-refractivity contribution in [3.05, 3.63) is 41.2 Å². The fourth-order valence-electron chi connectivity index (χ4n) is 1.77. The van der Waals surface area contributed by atoms with Crippen molar-refractivity contribution in [2.45, 2.75) is 20.4 Å². The maximum absolute atomic E-state index is 5.87. The molecule has 0 aliphatic carbocycles. The van der Waals surface area contributed by atoms with Gasteiger partial charge in [-0.25, -0.2) is 0 Å². The summed E-state index contributed by atoms with van der Waals surface area (Å²) in [6.07, 6.45) is 2.03. The van der Waals surface area contributed by atoms with Crippen LogP contribution in [-0.2, 0) is 13.6 Å². The Labute approximate surface area is 101 Å². The molecular weight excluding hydrogens is 212 g/mol. The Morgan fingerprint density at radius 3 is 2.71 bits per heavy atom. The molecule has 0 aliphatic heterocycles. The van der Waals surface area contributed by atoms with Crippen LogP contribution in [0, 0.1) is 13.8 Å². The molecule has 17 heavy (non-hydrogen) atoms. The molecule has 0 fully saturated rings. The van der Waals surface area contributed by atoms with Gasteiger partial charge in [0.15, 0.2) is 0 Å². The lowest BCUT2D eigenvalue weighted by molar-refractivity contribution is 0.756. The molecule has 0 saturated carbocycles. The third-order valence-corrected chi connectivity index (χ3v) is 2.88. The second-order valence-corrected chi connectivity index (χ2v) is 4.34. The van der Waals surface area contributed by atoms with Crippen LogP contribution in [0.25, 0.3) is 0 Å². The van der Waals surface area contributed by atoms with Crippen LogP contribution in [0.4, 0.5) is 11.4 Å². The van der Waals surface area contributed by atoms with E-state index in [1.165, 1.54) is 5.56 Å². The predicted octanol–water partition coefficient (Wildman–Crippen LogP) is 2.23. The first-order valence-electron chi connectivity index (χ1n) is 5.65. The molecule has 0 amide bonds. The molecule has 0 spiro atoms. The van der Waals surface area contributed by atoms with Crippen molar-refractivity contribution in [3.8, 4) is 0 Å². The van der Waals surface area contributed by atoms with E-state index in [0.717, 1.165) is 29.2 Å². The standard InChI is InChI=1S/C13H18N4/c1-9-4-5-12(6-13(9)14)15-7-11-8-17(3)16-10(11)2/h4-6,8,15H,7,14H2,1-3H3. The van der Waals surface area contributed by atoms with E-state index < -0.39 is 0 Å². The SMILES string of the molecule is Cc1ccc(NCc2cn(C)nc2C)cc1N. The lowest BCUT2D eigenvalue weighted by Gasteiger charge is -2.07. The molecule has 0 atom stereocenters. The van der Waals surface area contributed by atoms with Crippen molar-refractivity contribution >= 4 is 11.4 Å². The van der Waals surface area contributed by atoms with Gasteiger partial charge in [0.2, 0.25) is 0 Å². The number of hydrogen-bond acceptors (Lipinski definition) is 3. The fourth-order valence-corrected chi connectivity index (χ4v) is 1.77. The smallest absolute Gasteiger partial charge is 0.0643 e. The number of benzene rings is 1. The molecule has 1 aromatic heterocycles. The highest BCUT2D eigenvalue weighted by molar-refractivity contribution is 5.58. The summed E-state index contributed by atoms with van der Waals surface area (Å²) in [5.74, 6) is 0. The van der Waals surface area contributed by atoms with E-state index in [1.54, 1.807) is 0 Å². The highest BCUT2D eigenvalue weighted by atomic mass is 15.2. The first kappa shape index (κ1) is 11.5. The van der Waals surface area contributed by atoms with Gasteiger partial charge in [0.1, 0.15) is 0 Å². The Balaban J connectivity index is 2.07. The van der Waals surface area contributed by atoms with Crippen LogP contribution in [0.1, 0.15) is 16.8 Å². The summed E-state index contributed by atoms with van der Waals surface area (Å²) in [7, 11) is 1.93. The second-order valence-electron chi connectivity index (χ2n) is 4.34. The van der Waals surface area contributed by atoms with Crippen LogP contribution in [0.5, 0.6) is 0 Å². The minimum atomic E-state index is 0.766. The molecule has 2 aromatic rings. The number of aryl methyl sites for hydroxylation is 3. The topological polar surface area (TPSA) is 55.9 Å². The summed E-state index contributed by atoms with van der Waals surface area (Å²) < 4.78 is 1.83. The highest BCUT2D eigenvalue weighted by Gasteiger charge is 2.03. The van der Waals surface area contributed by atoms with E-state index in [-0.39, 0.29) is 0 Å². The molecule has 4 heteroatoms. The van der Waals surface area contributed by atoms with Crippen LogP contribution >= 0.6 is 0 Å². The maximum Gasteiger partial charge on any atom is 0.0643 e. The van der Waals surface area contributed by atoms with E-state index in [1.807, 2.05) is 50.0 Å². The van der Waals surface area contributed by atoms with Gasteiger partial charge >= 0.3 is 0 Å². The highest BCUT2D eigenvalue weighted by Crippen LogP contribution is 2.18. The Hall–Kier alpha value is -1.97. The van der Waals surface area contributed by atoms with Crippen LogP contribution < -0.4 is 11.1 Å². The largest absolute Gasteiger partial charge is 0.398 e. The second kappa shape index (κ2) is 4.49. The molecule has 0 saturated heterocycles. The van der Waals surface area contributed by atoms with Crippen molar-refractivity contribution in [1.29, 1.82) is 0 Å². The van der Waals surface area contributed by atoms with Crippen LogP contribution in [0.15, 0.2) is 24.4 Å². The van der Waals surface area contributed by atoms with Crippen molar-refractivity contribution < 1.29 is 0 Å². The number of nitrogens with two attached hydrogens (primary N) is 1. The monoisotopic (exact) mass is 230 g/mol. The summed E-state index contributed by atoms with van der Waals surface area (Å²) in [4.78, 5) is 0. The van der Waals surface area contributed by atoms with Gasteiger partial charge in [-0.1, -0.05) is 6.07 Å². The van der Waals surface area contributed by atoms with Gasteiger partial charge in [-0.15, -0.1) is 0 Å². The zero-order valence-corrected chi connectivity index (χ0v) is 10.5. The Kier molecular flexibility index (Phi) is 3.04. The molecule has 1 aromatic carbocycles. The van der Waals surface area contributed by atoms with Gasteiger partial charge < -0.3 is 11.1 Å². The summed E-state index contributed by atoms with van der Waals surface area (Å²) in [5, 5.41) is 7.66. The van der Waals surface area contributed by atoms with E-state index in [4.69, 9.17) is 5.73 Å². The van der Waals surface area contributed by atoms with Gasteiger partial charge in [0, 0.05) is 36.7 Å². The number of hydrogen-bond donors (Lipinski definition) is 2. The van der Waals surface area contributed by atoms with Gasteiger partial charge in [0.05, 0.1) is 5.69 Å². The molecule has 3 N–H and O–H groups in total. The molecule has 0 radical (unpaired) electrons. The van der Waals surface area contributed by atoms with Crippen molar-refractivity contribution in [2.75, 3.05) is 11.1 Å². The maximum atomic E-state index is 5.87. The number of anilines is 2. The van der Waals surface area contributed by atoms with Gasteiger partial charge in [-0.2, -0.15) is 5.10 Å². The van der Waals surface area contributed by atoms with Crippen LogP contribution in [-0.4, -0.2) is 9.78 Å². The molecule has 4 nitrogen and oxygen atoms in total. The number of aromatic nitrogens is 2. The first-order chi connectivity index (χ1) is 8.06.